The lowest BCUT2D eigenvalue weighted by atomic mass is 10.2. The highest BCUT2D eigenvalue weighted by Crippen LogP contribution is 2.18. The number of hydrogen-bond acceptors (Lipinski definition) is 4. The predicted molar refractivity (Wildman–Crippen MR) is 96.3 cm³/mol. The van der Waals surface area contributed by atoms with Gasteiger partial charge in [0.05, 0.1) is 0 Å². The van der Waals surface area contributed by atoms with Crippen LogP contribution in [0.3, 0.4) is 0 Å². The molecule has 0 unspecified atom stereocenters. The Labute approximate surface area is 143 Å². The van der Waals surface area contributed by atoms with Gasteiger partial charge in [0.1, 0.15) is 6.04 Å². The van der Waals surface area contributed by atoms with Crippen molar-refractivity contribution >= 4 is 48.2 Å². The summed E-state index contributed by atoms with van der Waals surface area (Å²) in [6.07, 6.45) is 0. The molecule has 0 aliphatic heterocycles. The van der Waals surface area contributed by atoms with Crippen LogP contribution in [-0.4, -0.2) is 36.0 Å². The molecule has 0 radical (unpaired) electrons. The highest BCUT2D eigenvalue weighted by molar-refractivity contribution is 7.98. The van der Waals surface area contributed by atoms with Crippen molar-refractivity contribution in [3.05, 3.63) is 29.8 Å². The van der Waals surface area contributed by atoms with Crippen molar-refractivity contribution in [1.29, 1.82) is 0 Å². The first-order valence-corrected chi connectivity index (χ1v) is 7.64. The fourth-order valence-electron chi connectivity index (χ4n) is 1.77. The molecular formula is C14H24Cl2N2O2S. The zero-order chi connectivity index (χ0) is 14.3. The van der Waals surface area contributed by atoms with E-state index in [9.17, 15) is 4.79 Å². The number of carboxylic acid groups (broad SMARTS) is 1. The van der Waals surface area contributed by atoms with Gasteiger partial charge in [-0.15, -0.1) is 24.8 Å². The van der Waals surface area contributed by atoms with Crippen molar-refractivity contribution < 1.29 is 9.90 Å². The van der Waals surface area contributed by atoms with Crippen LogP contribution in [0.1, 0.15) is 19.4 Å². The van der Waals surface area contributed by atoms with Crippen molar-refractivity contribution in [2.24, 2.45) is 5.73 Å². The first-order chi connectivity index (χ1) is 9.08. The summed E-state index contributed by atoms with van der Waals surface area (Å²) in [5.74, 6) is 0.288. The van der Waals surface area contributed by atoms with E-state index in [1.54, 1.807) is 11.8 Å². The normalized spacial score (nSPS) is 11.0. The van der Waals surface area contributed by atoms with Gasteiger partial charge in [-0.25, -0.2) is 0 Å². The molecule has 0 bridgehead atoms. The van der Waals surface area contributed by atoms with Crippen molar-refractivity contribution in [3.63, 3.8) is 0 Å². The van der Waals surface area contributed by atoms with Gasteiger partial charge in [-0.1, -0.05) is 12.1 Å². The molecule has 4 nitrogen and oxygen atoms in total. The van der Waals surface area contributed by atoms with Crippen molar-refractivity contribution in [2.75, 3.05) is 23.7 Å². The molecule has 1 atom stereocenters. The zero-order valence-electron chi connectivity index (χ0n) is 12.3. The Morgan fingerprint density at radius 2 is 1.76 bits per heavy atom. The number of nitrogens with two attached hydrogens (primary N) is 1. The summed E-state index contributed by atoms with van der Waals surface area (Å²) < 4.78 is 0. The zero-order valence-corrected chi connectivity index (χ0v) is 14.8. The lowest BCUT2D eigenvalue weighted by molar-refractivity contribution is -0.137. The molecule has 0 saturated carbocycles. The molecule has 0 amide bonds. The molecular weight excluding hydrogens is 331 g/mol. The van der Waals surface area contributed by atoms with Crippen molar-refractivity contribution in [1.82, 2.24) is 0 Å². The molecule has 0 aliphatic carbocycles. The number of halogens is 2. The summed E-state index contributed by atoms with van der Waals surface area (Å²) in [6, 6.07) is 7.62. The maximum atomic E-state index is 10.6. The summed E-state index contributed by atoms with van der Waals surface area (Å²) in [5.41, 5.74) is 7.87. The molecule has 0 heterocycles. The Kier molecular flexibility index (Phi) is 12.9. The third kappa shape index (κ3) is 7.81. The van der Waals surface area contributed by atoms with Gasteiger partial charge in [0, 0.05) is 30.3 Å². The van der Waals surface area contributed by atoms with E-state index in [4.69, 9.17) is 10.8 Å². The molecule has 1 aromatic rings. The van der Waals surface area contributed by atoms with E-state index in [0.29, 0.717) is 5.75 Å². The third-order valence-electron chi connectivity index (χ3n) is 2.95. The maximum absolute atomic E-state index is 10.6. The first kappa shape index (κ1) is 22.7. The van der Waals surface area contributed by atoms with Crippen LogP contribution in [0.2, 0.25) is 0 Å². The summed E-state index contributed by atoms with van der Waals surface area (Å²) in [7, 11) is 0. The van der Waals surface area contributed by atoms with E-state index in [-0.39, 0.29) is 24.8 Å². The molecule has 0 fully saturated rings. The van der Waals surface area contributed by atoms with Gasteiger partial charge in [-0.2, -0.15) is 11.8 Å². The number of carboxylic acids is 1. The molecule has 1 rings (SSSR count). The molecule has 21 heavy (non-hydrogen) atoms. The molecule has 0 aromatic heterocycles. The van der Waals surface area contributed by atoms with Crippen molar-refractivity contribution in [3.8, 4) is 0 Å². The van der Waals surface area contributed by atoms with E-state index in [1.165, 1.54) is 11.3 Å². The lowest BCUT2D eigenvalue weighted by Gasteiger charge is -2.21. The molecule has 7 heteroatoms. The maximum Gasteiger partial charge on any atom is 0.321 e. The Hall–Kier alpha value is -0.620. The van der Waals surface area contributed by atoms with Crippen LogP contribution in [0.25, 0.3) is 0 Å². The number of rotatable bonds is 8. The highest BCUT2D eigenvalue weighted by Gasteiger charge is 2.10. The number of anilines is 1. The van der Waals surface area contributed by atoms with Gasteiger partial charge in [0.2, 0.25) is 0 Å². The van der Waals surface area contributed by atoms with E-state index in [2.05, 4.69) is 43.0 Å². The molecule has 0 aliphatic rings. The van der Waals surface area contributed by atoms with Crippen LogP contribution < -0.4 is 10.6 Å². The second-order valence-corrected chi connectivity index (χ2v) is 5.33. The second kappa shape index (κ2) is 12.0. The van der Waals surface area contributed by atoms with Crippen LogP contribution in [-0.2, 0) is 10.5 Å². The second-order valence-electron chi connectivity index (χ2n) is 4.30. The van der Waals surface area contributed by atoms with Crippen LogP contribution in [0.4, 0.5) is 5.69 Å². The third-order valence-corrected chi connectivity index (χ3v) is 4.08. The minimum Gasteiger partial charge on any atom is -0.480 e. The molecule has 122 valence electrons. The van der Waals surface area contributed by atoms with Crippen molar-refractivity contribution in [2.45, 2.75) is 25.6 Å². The molecule has 1 aromatic carbocycles. The van der Waals surface area contributed by atoms with E-state index in [0.717, 1.165) is 18.8 Å². The van der Waals surface area contributed by atoms with Crippen LogP contribution in [0.5, 0.6) is 0 Å². The summed E-state index contributed by atoms with van der Waals surface area (Å²) in [4.78, 5) is 12.9. The van der Waals surface area contributed by atoms with Gasteiger partial charge >= 0.3 is 5.97 Å². The lowest BCUT2D eigenvalue weighted by Crippen LogP contribution is -2.32. The summed E-state index contributed by atoms with van der Waals surface area (Å²) in [6.45, 7) is 6.28. The topological polar surface area (TPSA) is 66.6 Å². The monoisotopic (exact) mass is 354 g/mol. The van der Waals surface area contributed by atoms with Crippen LogP contribution in [0, 0.1) is 0 Å². The quantitative estimate of drug-likeness (QED) is 0.750. The average Bonchev–Trinajstić information content (AvgIpc) is 2.41. The minimum atomic E-state index is -0.940. The smallest absolute Gasteiger partial charge is 0.321 e. The fraction of sp³-hybridized carbons (Fsp3) is 0.500. The summed E-state index contributed by atoms with van der Waals surface area (Å²) >= 11 is 1.55. The Morgan fingerprint density at radius 1 is 1.24 bits per heavy atom. The first-order valence-electron chi connectivity index (χ1n) is 6.48. The number of aliphatic carboxylic acids is 1. The van der Waals surface area contributed by atoms with Gasteiger partial charge < -0.3 is 15.7 Å². The van der Waals surface area contributed by atoms with Gasteiger partial charge in [0.25, 0.3) is 0 Å². The van der Waals surface area contributed by atoms with E-state index < -0.39 is 12.0 Å². The largest absolute Gasteiger partial charge is 0.480 e. The van der Waals surface area contributed by atoms with Gasteiger partial charge in [-0.3, -0.25) is 4.79 Å². The predicted octanol–water partition coefficient (Wildman–Crippen LogP) is 3.02. The van der Waals surface area contributed by atoms with Crippen LogP contribution in [0.15, 0.2) is 24.3 Å². The van der Waals surface area contributed by atoms with Crippen LogP contribution >= 0.6 is 36.6 Å². The number of thioether (sulfide) groups is 1. The summed E-state index contributed by atoms with van der Waals surface area (Å²) in [5, 5.41) is 8.69. The molecule has 3 N–H and O–H groups in total. The fourth-order valence-corrected chi connectivity index (χ4v) is 2.71. The number of nitrogens with zero attached hydrogens (tertiary/aromatic N) is 1. The SMILES string of the molecule is CCN(CC)c1ccc(CSC[C@H](N)C(=O)O)cc1.Cl.Cl. The standard InChI is InChI=1S/C14H22N2O2S.2ClH/c1-3-16(4-2)12-7-5-11(6-8-12)9-19-10-13(15)14(17)18;;/h5-8,13H,3-4,9-10,15H2,1-2H3,(H,17,18);2*1H/t13-;;/m0../s1. The van der Waals surface area contributed by atoms with E-state index in [1.807, 2.05) is 0 Å². The van der Waals surface area contributed by atoms with Gasteiger partial charge in [0.15, 0.2) is 0 Å². The number of carbonyl (C=O) groups is 1. The van der Waals surface area contributed by atoms with Gasteiger partial charge in [-0.05, 0) is 31.5 Å². The molecule has 0 saturated heterocycles. The van der Waals surface area contributed by atoms with E-state index >= 15 is 0 Å². The number of benzene rings is 1. The highest BCUT2D eigenvalue weighted by atomic mass is 35.5. The Balaban J connectivity index is 0. The average molecular weight is 355 g/mol. The molecule has 0 spiro atoms. The number of hydrogen-bond donors (Lipinski definition) is 2. The Morgan fingerprint density at radius 3 is 2.19 bits per heavy atom. The minimum absolute atomic E-state index is 0. The Bertz CT molecular complexity index is 400.